The van der Waals surface area contributed by atoms with Gasteiger partial charge in [0.2, 0.25) is 5.89 Å². The monoisotopic (exact) mass is 913 g/mol. The van der Waals surface area contributed by atoms with Crippen LogP contribution in [-0.2, 0) is 16.1 Å². The molecule has 1 fully saturated rings. The molecular formula is C49H62BrF2N7O3. The van der Waals surface area contributed by atoms with Crippen LogP contribution in [0, 0.1) is 31.1 Å². The van der Waals surface area contributed by atoms with Crippen LogP contribution in [0.4, 0.5) is 20.3 Å². The van der Waals surface area contributed by atoms with E-state index in [1.54, 1.807) is 12.3 Å². The number of halogens is 3. The summed E-state index contributed by atoms with van der Waals surface area (Å²) in [6, 6.07) is 19.3. The number of alkyl halides is 2. The van der Waals surface area contributed by atoms with E-state index in [0.29, 0.717) is 50.3 Å². The maximum Gasteiger partial charge on any atom is 0.309 e. The van der Waals surface area contributed by atoms with Crippen molar-refractivity contribution in [1.82, 2.24) is 24.8 Å². The van der Waals surface area contributed by atoms with Crippen LogP contribution >= 0.6 is 15.9 Å². The number of piperidine rings is 1. The van der Waals surface area contributed by atoms with Crippen molar-refractivity contribution >= 4 is 55.5 Å². The molecule has 1 aliphatic heterocycles. The van der Waals surface area contributed by atoms with Crippen molar-refractivity contribution in [1.29, 1.82) is 5.26 Å². The van der Waals surface area contributed by atoms with Gasteiger partial charge in [-0.3, -0.25) is 9.69 Å². The lowest BCUT2D eigenvalue weighted by Crippen LogP contribution is -2.38. The summed E-state index contributed by atoms with van der Waals surface area (Å²) in [5.41, 5.74) is 7.57. The van der Waals surface area contributed by atoms with Crippen molar-refractivity contribution < 1.29 is 22.7 Å². The van der Waals surface area contributed by atoms with Crippen molar-refractivity contribution in [3.05, 3.63) is 93.3 Å². The predicted octanol–water partition coefficient (Wildman–Crippen LogP) is 14.1. The number of hydrogen-bond acceptors (Lipinski definition) is 10. The number of benzene rings is 3. The number of likely N-dealkylation sites (tertiary alicyclic amines) is 1. The molecule has 7 rings (SSSR count). The Labute approximate surface area is 374 Å². The fourth-order valence-corrected chi connectivity index (χ4v) is 7.22. The maximum absolute atomic E-state index is 13.8. The Morgan fingerprint density at radius 3 is 2.13 bits per heavy atom. The number of nitrogens with zero attached hydrogens (tertiary/aromatic N) is 6. The van der Waals surface area contributed by atoms with E-state index >= 15 is 0 Å². The zero-order chi connectivity index (χ0) is 46.3. The lowest BCUT2D eigenvalue weighted by atomic mass is 9.93. The summed E-state index contributed by atoms with van der Waals surface area (Å²) in [5.74, 6) is -0.271. The normalized spacial score (nSPS) is 12.7. The third-order valence-corrected chi connectivity index (χ3v) is 9.99. The summed E-state index contributed by atoms with van der Waals surface area (Å²) in [4.78, 5) is 32.3. The zero-order valence-corrected chi connectivity index (χ0v) is 40.1. The van der Waals surface area contributed by atoms with Gasteiger partial charge in [-0.1, -0.05) is 79.7 Å². The molecule has 0 atom stereocenters. The molecule has 3 aromatic heterocycles. The Balaban J connectivity index is 0.00000121. The lowest BCUT2D eigenvalue weighted by Gasteiger charge is -2.32. The van der Waals surface area contributed by atoms with Crippen LogP contribution in [-0.4, -0.2) is 49.5 Å². The van der Waals surface area contributed by atoms with Crippen LogP contribution in [0.15, 0.2) is 69.7 Å². The van der Waals surface area contributed by atoms with Gasteiger partial charge in [-0.2, -0.15) is 5.26 Å². The number of hydrogen-bond donors (Lipinski definition) is 1. The lowest BCUT2D eigenvalue weighted by molar-refractivity contribution is -0.161. The molecular weight excluding hydrogens is 852 g/mol. The van der Waals surface area contributed by atoms with E-state index in [-0.39, 0.29) is 17.7 Å². The average molecular weight is 915 g/mol. The molecule has 0 bridgehead atoms. The fourth-order valence-electron chi connectivity index (χ4n) is 6.90. The molecule has 0 radical (unpaired) electrons. The van der Waals surface area contributed by atoms with Crippen molar-refractivity contribution in [3.63, 3.8) is 0 Å². The van der Waals surface area contributed by atoms with Crippen LogP contribution < -0.4 is 5.32 Å². The molecule has 0 aliphatic carbocycles. The first-order valence-corrected chi connectivity index (χ1v) is 22.4. The fraction of sp³-hybridized carbons (Fsp3) is 0.429. The molecule has 6 aromatic rings. The van der Waals surface area contributed by atoms with Crippen molar-refractivity contribution in [2.45, 2.75) is 121 Å². The molecule has 3 aromatic carbocycles. The number of fused-ring (bicyclic) bond motifs is 2. The predicted molar refractivity (Wildman–Crippen MR) is 252 cm³/mol. The van der Waals surface area contributed by atoms with Gasteiger partial charge in [-0.15, -0.1) is 0 Å². The van der Waals surface area contributed by atoms with Crippen molar-refractivity contribution in [2.75, 3.05) is 18.4 Å². The number of ether oxygens (including phenoxy) is 1. The quantitative estimate of drug-likeness (QED) is 0.147. The third kappa shape index (κ3) is 12.4. The molecule has 0 unspecified atom stereocenters. The summed E-state index contributed by atoms with van der Waals surface area (Å²) in [5, 5.41) is 13.3. The summed E-state index contributed by atoms with van der Waals surface area (Å²) < 4.78 is 40.1. The number of nitrogens with one attached hydrogen (secondary N) is 1. The van der Waals surface area contributed by atoms with Gasteiger partial charge in [0.25, 0.3) is 6.43 Å². The molecule has 1 aliphatic rings. The molecule has 0 saturated carbocycles. The number of esters is 1. The number of carbonyl (C=O) groups is 1. The summed E-state index contributed by atoms with van der Waals surface area (Å²) in [6.45, 7) is 27.7. The second-order valence-corrected chi connectivity index (χ2v) is 15.5. The Kier molecular flexibility index (Phi) is 19.6. The number of aromatic nitrogens is 4. The smallest absolute Gasteiger partial charge is 0.309 e. The standard InChI is InChI=1S/C41H38BrF2N7O3.4C2H6/c1-22-28(29-9-7-11-31(23(29)2)47-37-34-32(18-27(42)20-46-34)48-38(50-37)36(43)44)8-6-10-30(22)39-49-33-17-24(16-26(19-45)35(33)53-39)21-51-14-12-25(13-15-51)40(52)54-41(3,4)5;4*1-2/h6-11,16-18,20,25,36H,12-15,21H2,1-5H3,(H,47,48,50);4*1-2H3. The van der Waals surface area contributed by atoms with Gasteiger partial charge in [-0.05, 0) is 135 Å². The molecule has 4 heterocycles. The number of anilines is 2. The largest absolute Gasteiger partial charge is 0.460 e. The summed E-state index contributed by atoms with van der Waals surface area (Å²) >= 11 is 3.34. The second-order valence-electron chi connectivity index (χ2n) is 14.5. The number of nitriles is 1. The molecule has 1 N–H and O–H groups in total. The summed E-state index contributed by atoms with van der Waals surface area (Å²) in [6.07, 6.45) is 0.153. The van der Waals surface area contributed by atoms with E-state index in [0.717, 1.165) is 59.3 Å². The van der Waals surface area contributed by atoms with Crippen LogP contribution in [0.5, 0.6) is 0 Å². The first kappa shape index (κ1) is 51.0. The van der Waals surface area contributed by atoms with E-state index in [4.69, 9.17) is 14.1 Å². The van der Waals surface area contributed by atoms with E-state index in [1.807, 2.05) is 139 Å². The zero-order valence-electron chi connectivity index (χ0n) is 38.5. The number of pyridine rings is 1. The Bertz CT molecular complexity index is 2450. The molecule has 13 heteroatoms. The number of carbonyl (C=O) groups excluding carboxylic acids is 1. The van der Waals surface area contributed by atoms with Gasteiger partial charge >= 0.3 is 5.97 Å². The van der Waals surface area contributed by atoms with Gasteiger partial charge in [-0.25, -0.2) is 28.7 Å². The Morgan fingerprint density at radius 1 is 0.903 bits per heavy atom. The van der Waals surface area contributed by atoms with Gasteiger partial charge in [0.05, 0.1) is 17.0 Å². The van der Waals surface area contributed by atoms with Gasteiger partial charge in [0.15, 0.2) is 17.2 Å². The minimum Gasteiger partial charge on any atom is -0.460 e. The molecule has 62 heavy (non-hydrogen) atoms. The van der Waals surface area contributed by atoms with Crippen LogP contribution in [0.25, 0.3) is 44.7 Å². The van der Waals surface area contributed by atoms with Gasteiger partial charge < -0.3 is 14.5 Å². The highest BCUT2D eigenvalue weighted by Crippen LogP contribution is 2.38. The van der Waals surface area contributed by atoms with Crippen LogP contribution in [0.3, 0.4) is 0 Å². The molecule has 1 saturated heterocycles. The van der Waals surface area contributed by atoms with E-state index in [2.05, 4.69) is 47.2 Å². The topological polar surface area (TPSA) is 130 Å². The minimum atomic E-state index is -2.86. The highest BCUT2D eigenvalue weighted by molar-refractivity contribution is 9.10. The summed E-state index contributed by atoms with van der Waals surface area (Å²) in [7, 11) is 0. The highest BCUT2D eigenvalue weighted by Gasteiger charge is 2.29. The SMILES string of the molecule is CC.CC.CC.CC.Cc1c(Nc2nc(C(F)F)nc3cc(Br)cnc23)cccc1-c1cccc(-c2nc3cc(CN4CCC(C(=O)OC(C)(C)C)CC4)cc(C#N)c3o2)c1C. The highest BCUT2D eigenvalue weighted by atomic mass is 79.9. The maximum atomic E-state index is 13.8. The van der Waals surface area contributed by atoms with Gasteiger partial charge in [0, 0.05) is 28.5 Å². The van der Waals surface area contributed by atoms with Crippen LogP contribution in [0.1, 0.15) is 124 Å². The Morgan fingerprint density at radius 2 is 1.52 bits per heavy atom. The molecule has 332 valence electrons. The Hall–Kier alpha value is -5.32. The first-order chi connectivity index (χ1) is 29.8. The van der Waals surface area contributed by atoms with Crippen LogP contribution in [0.2, 0.25) is 0 Å². The van der Waals surface area contributed by atoms with E-state index in [1.165, 1.54) is 0 Å². The number of rotatable bonds is 8. The molecule has 0 spiro atoms. The first-order valence-electron chi connectivity index (χ1n) is 21.6. The number of oxazole rings is 1. The third-order valence-electron chi connectivity index (χ3n) is 9.56. The van der Waals surface area contributed by atoms with E-state index < -0.39 is 17.9 Å². The van der Waals surface area contributed by atoms with Crippen molar-refractivity contribution in [3.8, 4) is 28.7 Å². The molecule has 0 amide bonds. The molecule has 10 nitrogen and oxygen atoms in total. The average Bonchev–Trinajstić information content (AvgIpc) is 3.70. The second kappa shape index (κ2) is 23.8. The van der Waals surface area contributed by atoms with Crippen molar-refractivity contribution in [2.24, 2.45) is 5.92 Å². The minimum absolute atomic E-state index is 0.114. The van der Waals surface area contributed by atoms with E-state index in [9.17, 15) is 18.8 Å². The van der Waals surface area contributed by atoms with Gasteiger partial charge in [0.1, 0.15) is 22.7 Å².